The Bertz CT molecular complexity index is 1300. The number of nitrogens with zero attached hydrogens (tertiary/aromatic N) is 4. The van der Waals surface area contributed by atoms with Crippen LogP contribution in [0.25, 0.3) is 11.0 Å². The van der Waals surface area contributed by atoms with Gasteiger partial charge in [0, 0.05) is 19.5 Å². The van der Waals surface area contributed by atoms with Crippen molar-refractivity contribution in [2.45, 2.75) is 20.8 Å². The first-order valence-electron chi connectivity index (χ1n) is 10.6. The van der Waals surface area contributed by atoms with Gasteiger partial charge in [0.2, 0.25) is 0 Å². The lowest BCUT2D eigenvalue weighted by Crippen LogP contribution is -2.12. The third-order valence-corrected chi connectivity index (χ3v) is 5.33. The van der Waals surface area contributed by atoms with Crippen LogP contribution in [-0.2, 0) is 0 Å². The lowest BCUT2D eigenvalue weighted by atomic mass is 10.1. The molecule has 5 heteroatoms. The molecule has 0 bridgehead atoms. The Morgan fingerprint density at radius 1 is 0.812 bits per heavy atom. The normalized spacial score (nSPS) is 12.0. The van der Waals surface area contributed by atoms with Gasteiger partial charge in [-0.2, -0.15) is 10.2 Å². The van der Waals surface area contributed by atoms with E-state index in [-0.39, 0.29) is 0 Å². The zero-order valence-electron chi connectivity index (χ0n) is 19.2. The maximum Gasteiger partial charge on any atom is 0.151 e. The maximum atomic E-state index is 6.04. The molecular weight excluding hydrogens is 396 g/mol. The Labute approximate surface area is 189 Å². The largest absolute Gasteiger partial charge is 0.455 e. The van der Waals surface area contributed by atoms with Crippen molar-refractivity contribution in [3.63, 3.8) is 0 Å². The number of benzene rings is 3. The smallest absolute Gasteiger partial charge is 0.151 e. The summed E-state index contributed by atoms with van der Waals surface area (Å²) >= 11 is 0. The number of rotatable bonds is 6. The van der Waals surface area contributed by atoms with Gasteiger partial charge in [0.05, 0.1) is 17.6 Å². The van der Waals surface area contributed by atoms with Gasteiger partial charge in [-0.15, -0.1) is 0 Å². The minimum absolute atomic E-state index is 0.755. The molecule has 0 aliphatic heterocycles. The Hall–Kier alpha value is -3.86. The fraction of sp³-hybridized carbons (Fsp3) is 0.185. The fourth-order valence-corrected chi connectivity index (χ4v) is 3.53. The summed E-state index contributed by atoms with van der Waals surface area (Å²) in [7, 11) is 3.89. The van der Waals surface area contributed by atoms with E-state index >= 15 is 0 Å². The van der Waals surface area contributed by atoms with Crippen LogP contribution in [0.4, 0.5) is 11.4 Å². The van der Waals surface area contributed by atoms with Crippen molar-refractivity contribution in [1.82, 2.24) is 0 Å². The topological polar surface area (TPSA) is 44.3 Å². The number of furan rings is 1. The molecule has 1 heterocycles. The molecule has 0 atom stereocenters. The first-order valence-corrected chi connectivity index (χ1v) is 10.6. The summed E-state index contributed by atoms with van der Waals surface area (Å²) in [6, 6.07) is 24.6. The Morgan fingerprint density at radius 3 is 2.12 bits per heavy atom. The summed E-state index contributed by atoms with van der Waals surface area (Å²) in [6.45, 7) is 6.12. The van der Waals surface area contributed by atoms with Crippen molar-refractivity contribution < 1.29 is 4.42 Å². The van der Waals surface area contributed by atoms with Crippen molar-refractivity contribution in [2.24, 2.45) is 10.2 Å². The standard InChI is InChI=1S/C27H28N4O/c1-19-8-6-10-24(14-19)30(4)28-18-22-12-13-26-23(16-22)17-27(32-26)21(3)29-31(5)25-11-7-9-20(2)15-25/h6-18H,1-5H3. The highest BCUT2D eigenvalue weighted by Crippen LogP contribution is 2.22. The first-order chi connectivity index (χ1) is 15.4. The molecule has 0 aliphatic rings. The Morgan fingerprint density at radius 2 is 1.47 bits per heavy atom. The molecule has 32 heavy (non-hydrogen) atoms. The van der Waals surface area contributed by atoms with Gasteiger partial charge in [-0.05, 0) is 86.0 Å². The predicted molar refractivity (Wildman–Crippen MR) is 135 cm³/mol. The van der Waals surface area contributed by atoms with Crippen molar-refractivity contribution in [3.05, 3.63) is 95.2 Å². The second kappa shape index (κ2) is 9.10. The second-order valence-corrected chi connectivity index (χ2v) is 8.06. The van der Waals surface area contributed by atoms with Crippen LogP contribution in [-0.4, -0.2) is 26.0 Å². The van der Waals surface area contributed by atoms with E-state index in [9.17, 15) is 0 Å². The Kier molecular flexibility index (Phi) is 6.08. The van der Waals surface area contributed by atoms with E-state index in [1.54, 1.807) is 0 Å². The minimum Gasteiger partial charge on any atom is -0.455 e. The van der Waals surface area contributed by atoms with Gasteiger partial charge in [-0.25, -0.2) is 0 Å². The molecule has 0 saturated heterocycles. The van der Waals surface area contributed by atoms with Crippen molar-refractivity contribution in [1.29, 1.82) is 0 Å². The van der Waals surface area contributed by atoms with E-state index < -0.39 is 0 Å². The molecule has 0 fully saturated rings. The summed E-state index contributed by atoms with van der Waals surface area (Å²) in [5.41, 5.74) is 7.16. The van der Waals surface area contributed by atoms with E-state index in [1.165, 1.54) is 11.1 Å². The van der Waals surface area contributed by atoms with Crippen LogP contribution in [0.3, 0.4) is 0 Å². The number of anilines is 2. The molecule has 4 aromatic rings. The highest BCUT2D eigenvalue weighted by molar-refractivity contribution is 6.01. The number of hydrogen-bond donors (Lipinski definition) is 0. The number of hydrazone groups is 2. The van der Waals surface area contributed by atoms with Gasteiger partial charge < -0.3 is 4.42 Å². The molecule has 3 aromatic carbocycles. The number of aryl methyl sites for hydroxylation is 2. The van der Waals surface area contributed by atoms with Gasteiger partial charge in [-0.1, -0.05) is 24.3 Å². The molecule has 4 rings (SSSR count). The number of fused-ring (bicyclic) bond motifs is 1. The van der Waals surface area contributed by atoms with E-state index in [0.29, 0.717) is 0 Å². The molecule has 0 radical (unpaired) electrons. The molecule has 0 unspecified atom stereocenters. The third kappa shape index (κ3) is 4.89. The molecule has 1 aromatic heterocycles. The van der Waals surface area contributed by atoms with E-state index in [1.807, 2.05) is 79.7 Å². The molecule has 0 amide bonds. The molecule has 0 spiro atoms. The molecule has 162 valence electrons. The molecule has 5 nitrogen and oxygen atoms in total. The van der Waals surface area contributed by atoms with E-state index in [2.05, 4.69) is 49.3 Å². The summed E-state index contributed by atoms with van der Waals surface area (Å²) in [6.07, 6.45) is 1.86. The van der Waals surface area contributed by atoms with Crippen LogP contribution >= 0.6 is 0 Å². The summed E-state index contributed by atoms with van der Waals surface area (Å²) in [5.74, 6) is 0.755. The van der Waals surface area contributed by atoms with Crippen LogP contribution < -0.4 is 10.0 Å². The first kappa shape index (κ1) is 21.4. The fourth-order valence-electron chi connectivity index (χ4n) is 3.53. The van der Waals surface area contributed by atoms with Crippen molar-refractivity contribution >= 4 is 34.3 Å². The average Bonchev–Trinajstić information content (AvgIpc) is 3.21. The molecular formula is C27H28N4O. The van der Waals surface area contributed by atoms with Gasteiger partial charge in [0.15, 0.2) is 5.76 Å². The van der Waals surface area contributed by atoms with Crippen molar-refractivity contribution in [2.75, 3.05) is 24.1 Å². The van der Waals surface area contributed by atoms with Crippen LogP contribution in [0.1, 0.15) is 29.4 Å². The lowest BCUT2D eigenvalue weighted by molar-refractivity contribution is 0.603. The summed E-state index contributed by atoms with van der Waals surface area (Å²) in [5, 5.41) is 14.0. The molecule has 0 aliphatic carbocycles. The van der Waals surface area contributed by atoms with Gasteiger partial charge in [-0.3, -0.25) is 10.0 Å². The van der Waals surface area contributed by atoms with Gasteiger partial charge in [0.25, 0.3) is 0 Å². The average molecular weight is 425 g/mol. The van der Waals surface area contributed by atoms with E-state index in [4.69, 9.17) is 9.52 Å². The zero-order valence-corrected chi connectivity index (χ0v) is 19.2. The van der Waals surface area contributed by atoms with Crippen LogP contribution in [0.2, 0.25) is 0 Å². The number of hydrogen-bond acceptors (Lipinski definition) is 5. The summed E-state index contributed by atoms with van der Waals surface area (Å²) in [4.78, 5) is 0. The molecule has 0 saturated carbocycles. The lowest BCUT2D eigenvalue weighted by Gasteiger charge is -2.14. The SMILES string of the molecule is CC(=NN(C)c1cccc(C)c1)c1cc2cc(C=NN(C)c3cccc(C)c3)ccc2o1. The monoisotopic (exact) mass is 424 g/mol. The third-order valence-electron chi connectivity index (χ3n) is 5.33. The van der Waals surface area contributed by atoms with Gasteiger partial charge in [0.1, 0.15) is 11.3 Å². The van der Waals surface area contributed by atoms with Crippen molar-refractivity contribution in [3.8, 4) is 0 Å². The predicted octanol–water partition coefficient (Wildman–Crippen LogP) is 6.38. The Balaban J connectivity index is 1.53. The minimum atomic E-state index is 0.755. The van der Waals surface area contributed by atoms with Crippen LogP contribution in [0.5, 0.6) is 0 Å². The highest BCUT2D eigenvalue weighted by atomic mass is 16.3. The van der Waals surface area contributed by atoms with Gasteiger partial charge >= 0.3 is 0 Å². The quantitative estimate of drug-likeness (QED) is 0.266. The molecule has 0 N–H and O–H groups in total. The van der Waals surface area contributed by atoms with Crippen LogP contribution in [0, 0.1) is 13.8 Å². The zero-order chi connectivity index (χ0) is 22.7. The highest BCUT2D eigenvalue weighted by Gasteiger charge is 2.09. The maximum absolute atomic E-state index is 6.04. The van der Waals surface area contributed by atoms with E-state index in [0.717, 1.165) is 39.4 Å². The summed E-state index contributed by atoms with van der Waals surface area (Å²) < 4.78 is 6.04. The van der Waals surface area contributed by atoms with Crippen LogP contribution in [0.15, 0.2) is 87.4 Å². The second-order valence-electron chi connectivity index (χ2n) is 8.06.